The van der Waals surface area contributed by atoms with Gasteiger partial charge in [0.15, 0.2) is 0 Å². The van der Waals surface area contributed by atoms with Gasteiger partial charge in [-0.05, 0) is 17.7 Å². The lowest BCUT2D eigenvalue weighted by atomic mass is 10.1. The van der Waals surface area contributed by atoms with Crippen molar-refractivity contribution in [3.05, 3.63) is 35.6 Å². The van der Waals surface area contributed by atoms with E-state index in [4.69, 9.17) is 4.74 Å². The van der Waals surface area contributed by atoms with E-state index < -0.39 is 0 Å². The van der Waals surface area contributed by atoms with Gasteiger partial charge >= 0.3 is 0 Å². The fourth-order valence-electron chi connectivity index (χ4n) is 1.84. The van der Waals surface area contributed by atoms with Gasteiger partial charge in [0.25, 0.3) is 0 Å². The summed E-state index contributed by atoms with van der Waals surface area (Å²) in [5.74, 6) is -0.350. The number of hydrogen-bond acceptors (Lipinski definition) is 3. The fraction of sp³-hybridized carbons (Fsp3) is 0.462. The summed E-state index contributed by atoms with van der Waals surface area (Å²) in [6.07, 6.45) is 0.272. The molecule has 0 aromatic heterocycles. The molecule has 1 aliphatic rings. The summed E-state index contributed by atoms with van der Waals surface area (Å²) in [7, 11) is 0. The van der Waals surface area contributed by atoms with E-state index in [0.717, 1.165) is 18.7 Å². The topological polar surface area (TPSA) is 50.4 Å². The molecule has 2 rings (SSSR count). The predicted molar refractivity (Wildman–Crippen MR) is 65.7 cm³/mol. The number of hydrogen-bond donors (Lipinski definition) is 2. The SMILES string of the molecule is O=C(Cc1ccc(F)cc1)NCC1COCCN1. The first-order valence-electron chi connectivity index (χ1n) is 6.06. The number of morpholine rings is 1. The lowest BCUT2D eigenvalue weighted by molar-refractivity contribution is -0.120. The van der Waals surface area contributed by atoms with Crippen LogP contribution >= 0.6 is 0 Å². The minimum absolute atomic E-state index is 0.0611. The Morgan fingerprint density at radius 2 is 2.22 bits per heavy atom. The summed E-state index contributed by atoms with van der Waals surface area (Å²) in [4.78, 5) is 11.7. The summed E-state index contributed by atoms with van der Waals surface area (Å²) in [5.41, 5.74) is 0.807. The van der Waals surface area contributed by atoms with Crippen molar-refractivity contribution in [2.75, 3.05) is 26.3 Å². The van der Waals surface area contributed by atoms with Crippen molar-refractivity contribution in [2.45, 2.75) is 12.5 Å². The van der Waals surface area contributed by atoms with E-state index in [9.17, 15) is 9.18 Å². The third kappa shape index (κ3) is 4.09. The Hall–Kier alpha value is -1.46. The average Bonchev–Trinajstić information content (AvgIpc) is 2.40. The summed E-state index contributed by atoms with van der Waals surface area (Å²) in [5, 5.41) is 6.10. The zero-order valence-electron chi connectivity index (χ0n) is 10.1. The second kappa shape index (κ2) is 6.47. The van der Waals surface area contributed by atoms with Gasteiger partial charge in [0.2, 0.25) is 5.91 Å². The van der Waals surface area contributed by atoms with Gasteiger partial charge in [0.1, 0.15) is 5.82 Å². The molecule has 1 atom stereocenters. The Labute approximate surface area is 106 Å². The molecule has 0 spiro atoms. The highest BCUT2D eigenvalue weighted by Gasteiger charge is 2.13. The van der Waals surface area contributed by atoms with Crippen molar-refractivity contribution < 1.29 is 13.9 Å². The van der Waals surface area contributed by atoms with Gasteiger partial charge in [-0.1, -0.05) is 12.1 Å². The zero-order chi connectivity index (χ0) is 12.8. The molecular weight excluding hydrogens is 235 g/mol. The molecule has 1 heterocycles. The Kier molecular flexibility index (Phi) is 4.66. The minimum atomic E-state index is -0.289. The molecule has 1 aromatic rings. The molecule has 1 amide bonds. The first-order valence-corrected chi connectivity index (χ1v) is 6.06. The molecule has 18 heavy (non-hydrogen) atoms. The lowest BCUT2D eigenvalue weighted by Gasteiger charge is -2.23. The standard InChI is InChI=1S/C13H17FN2O2/c14-11-3-1-10(2-4-11)7-13(17)16-8-12-9-18-6-5-15-12/h1-4,12,15H,5-9H2,(H,16,17). The van der Waals surface area contributed by atoms with E-state index in [1.54, 1.807) is 12.1 Å². The van der Waals surface area contributed by atoms with Crippen LogP contribution in [0.1, 0.15) is 5.56 Å². The van der Waals surface area contributed by atoms with Gasteiger partial charge in [0.05, 0.1) is 19.6 Å². The normalized spacial score (nSPS) is 19.5. The van der Waals surface area contributed by atoms with Crippen LogP contribution < -0.4 is 10.6 Å². The third-order valence-corrected chi connectivity index (χ3v) is 2.82. The number of carbonyl (C=O) groups excluding carboxylic acids is 1. The second-order valence-electron chi connectivity index (χ2n) is 4.33. The molecule has 0 aliphatic carbocycles. The van der Waals surface area contributed by atoms with Crippen molar-refractivity contribution in [1.82, 2.24) is 10.6 Å². The van der Waals surface area contributed by atoms with E-state index in [2.05, 4.69) is 10.6 Å². The maximum absolute atomic E-state index is 12.7. The number of amides is 1. The van der Waals surface area contributed by atoms with Crippen molar-refractivity contribution in [3.63, 3.8) is 0 Å². The van der Waals surface area contributed by atoms with Gasteiger partial charge in [-0.3, -0.25) is 4.79 Å². The molecule has 1 unspecified atom stereocenters. The molecular formula is C13H17FN2O2. The summed E-state index contributed by atoms with van der Waals surface area (Å²) < 4.78 is 18.0. The first-order chi connectivity index (χ1) is 8.74. The maximum atomic E-state index is 12.7. The van der Waals surface area contributed by atoms with Crippen molar-refractivity contribution in [2.24, 2.45) is 0 Å². The number of nitrogens with one attached hydrogen (secondary N) is 2. The second-order valence-corrected chi connectivity index (χ2v) is 4.33. The molecule has 4 nitrogen and oxygen atoms in total. The Morgan fingerprint density at radius 1 is 1.44 bits per heavy atom. The summed E-state index contributed by atoms with van der Waals surface area (Å²) >= 11 is 0. The van der Waals surface area contributed by atoms with E-state index in [1.165, 1.54) is 12.1 Å². The van der Waals surface area contributed by atoms with Crippen molar-refractivity contribution >= 4 is 5.91 Å². The molecule has 5 heteroatoms. The molecule has 0 radical (unpaired) electrons. The highest BCUT2D eigenvalue weighted by atomic mass is 19.1. The van der Waals surface area contributed by atoms with Crippen LogP contribution in [0.15, 0.2) is 24.3 Å². The van der Waals surface area contributed by atoms with E-state index >= 15 is 0 Å². The van der Waals surface area contributed by atoms with Crippen LogP contribution in [0.4, 0.5) is 4.39 Å². The Balaban J connectivity index is 1.73. The quantitative estimate of drug-likeness (QED) is 0.819. The Bertz CT molecular complexity index is 388. The molecule has 0 saturated carbocycles. The van der Waals surface area contributed by atoms with Crippen LogP contribution in [0.25, 0.3) is 0 Å². The van der Waals surface area contributed by atoms with Crippen LogP contribution in [-0.2, 0) is 16.0 Å². The average molecular weight is 252 g/mol. The van der Waals surface area contributed by atoms with E-state index in [0.29, 0.717) is 13.2 Å². The minimum Gasteiger partial charge on any atom is -0.378 e. The third-order valence-electron chi connectivity index (χ3n) is 2.82. The van der Waals surface area contributed by atoms with Crippen LogP contribution in [0.3, 0.4) is 0 Å². The number of ether oxygens (including phenoxy) is 1. The van der Waals surface area contributed by atoms with Gasteiger partial charge in [-0.2, -0.15) is 0 Å². The predicted octanol–water partition coefficient (Wildman–Crippen LogP) is 0.473. The summed E-state index contributed by atoms with van der Waals surface area (Å²) in [6.45, 7) is 2.72. The van der Waals surface area contributed by atoms with Crippen LogP contribution in [0.2, 0.25) is 0 Å². The van der Waals surface area contributed by atoms with Gasteiger partial charge in [-0.25, -0.2) is 4.39 Å². The van der Waals surface area contributed by atoms with Crippen LogP contribution in [-0.4, -0.2) is 38.3 Å². The first kappa shape index (κ1) is 13.0. The Morgan fingerprint density at radius 3 is 2.89 bits per heavy atom. The van der Waals surface area contributed by atoms with Crippen LogP contribution in [0, 0.1) is 5.82 Å². The van der Waals surface area contributed by atoms with Crippen molar-refractivity contribution in [3.8, 4) is 0 Å². The van der Waals surface area contributed by atoms with Gasteiger partial charge < -0.3 is 15.4 Å². The fourth-order valence-corrected chi connectivity index (χ4v) is 1.84. The van der Waals surface area contributed by atoms with Crippen molar-refractivity contribution in [1.29, 1.82) is 0 Å². The van der Waals surface area contributed by atoms with Gasteiger partial charge in [-0.15, -0.1) is 0 Å². The van der Waals surface area contributed by atoms with E-state index in [-0.39, 0.29) is 24.2 Å². The maximum Gasteiger partial charge on any atom is 0.224 e. The number of halogens is 1. The molecule has 1 aliphatic heterocycles. The van der Waals surface area contributed by atoms with E-state index in [1.807, 2.05) is 0 Å². The van der Waals surface area contributed by atoms with Crippen LogP contribution in [0.5, 0.6) is 0 Å². The molecule has 1 aromatic carbocycles. The van der Waals surface area contributed by atoms with Gasteiger partial charge in [0, 0.05) is 19.1 Å². The molecule has 1 fully saturated rings. The molecule has 0 bridgehead atoms. The summed E-state index contributed by atoms with van der Waals surface area (Å²) in [6, 6.07) is 6.14. The highest BCUT2D eigenvalue weighted by molar-refractivity contribution is 5.78. The molecule has 1 saturated heterocycles. The lowest BCUT2D eigenvalue weighted by Crippen LogP contribution is -2.48. The monoisotopic (exact) mass is 252 g/mol. The molecule has 98 valence electrons. The highest BCUT2D eigenvalue weighted by Crippen LogP contribution is 2.03. The number of benzene rings is 1. The number of rotatable bonds is 4. The zero-order valence-corrected chi connectivity index (χ0v) is 10.1. The smallest absolute Gasteiger partial charge is 0.224 e. The molecule has 2 N–H and O–H groups in total. The largest absolute Gasteiger partial charge is 0.378 e. The number of carbonyl (C=O) groups is 1.